The first-order chi connectivity index (χ1) is 8.31. The molecule has 0 fully saturated rings. The third-order valence-electron chi connectivity index (χ3n) is 2.21. The molecule has 0 aromatic heterocycles. The van der Waals surface area contributed by atoms with E-state index in [9.17, 15) is 14.7 Å². The Labute approximate surface area is 113 Å². The molecule has 0 radical (unpaired) electrons. The number of carbonyl (C=O) groups excluding carboxylic acids is 1. The molecule has 0 saturated heterocycles. The van der Waals surface area contributed by atoms with Crippen LogP contribution in [0.5, 0.6) is 5.75 Å². The van der Waals surface area contributed by atoms with E-state index in [1.54, 1.807) is 0 Å². The van der Waals surface area contributed by atoms with Crippen molar-refractivity contribution < 1.29 is 19.8 Å². The van der Waals surface area contributed by atoms with E-state index in [4.69, 9.17) is 28.3 Å². The zero-order valence-corrected chi connectivity index (χ0v) is 10.9. The molecule has 0 spiro atoms. The van der Waals surface area contributed by atoms with Gasteiger partial charge in [-0.25, -0.2) is 4.79 Å². The van der Waals surface area contributed by atoms with E-state index in [0.29, 0.717) is 0 Å². The molecule has 5 nitrogen and oxygen atoms in total. The zero-order chi connectivity index (χ0) is 13.9. The van der Waals surface area contributed by atoms with Crippen LogP contribution in [-0.4, -0.2) is 28.1 Å². The smallest absolute Gasteiger partial charge is 0.326 e. The Morgan fingerprint density at radius 3 is 2.50 bits per heavy atom. The van der Waals surface area contributed by atoms with Gasteiger partial charge in [-0.3, -0.25) is 4.79 Å². The summed E-state index contributed by atoms with van der Waals surface area (Å²) in [5.41, 5.74) is 0.258. The molecule has 1 rings (SSSR count). The summed E-state index contributed by atoms with van der Waals surface area (Å²) in [5.74, 6) is -1.92. The van der Waals surface area contributed by atoms with E-state index in [0.717, 1.165) is 0 Å². The molecule has 7 heteroatoms. The molecule has 1 aromatic carbocycles. The summed E-state index contributed by atoms with van der Waals surface area (Å²) in [7, 11) is 0. The van der Waals surface area contributed by atoms with Crippen LogP contribution in [0.1, 0.15) is 12.5 Å². The largest absolute Gasteiger partial charge is 0.506 e. The summed E-state index contributed by atoms with van der Waals surface area (Å²) in [6.45, 7) is 1.21. The lowest BCUT2D eigenvalue weighted by Crippen LogP contribution is -2.41. The molecule has 1 unspecified atom stereocenters. The van der Waals surface area contributed by atoms with Crippen molar-refractivity contribution in [1.82, 2.24) is 5.32 Å². The number of phenolic OH excluding ortho intramolecular Hbond substituents is 1. The number of hydrogen-bond donors (Lipinski definition) is 3. The maximum absolute atomic E-state index is 11.0. The van der Waals surface area contributed by atoms with Gasteiger partial charge in [0.2, 0.25) is 5.91 Å². The fourth-order valence-electron chi connectivity index (χ4n) is 1.44. The number of aliphatic carboxylic acids is 1. The van der Waals surface area contributed by atoms with Gasteiger partial charge in [0, 0.05) is 18.4 Å². The molecule has 0 aliphatic heterocycles. The number of carbonyl (C=O) groups is 2. The van der Waals surface area contributed by atoms with Crippen molar-refractivity contribution in [2.24, 2.45) is 0 Å². The molecular weight excluding hydrogens is 281 g/mol. The maximum Gasteiger partial charge on any atom is 0.326 e. The Bertz CT molecular complexity index is 490. The SMILES string of the molecule is CC(=O)NC(Cc1cc(Cl)cc(Cl)c1O)C(=O)O. The van der Waals surface area contributed by atoms with Gasteiger partial charge >= 0.3 is 5.97 Å². The highest BCUT2D eigenvalue weighted by Gasteiger charge is 2.21. The fourth-order valence-corrected chi connectivity index (χ4v) is 1.98. The Morgan fingerprint density at radius 1 is 1.39 bits per heavy atom. The van der Waals surface area contributed by atoms with Crippen LogP contribution in [-0.2, 0) is 16.0 Å². The Hall–Kier alpha value is -1.46. The maximum atomic E-state index is 11.0. The standard InChI is InChI=1S/C11H11Cl2NO4/c1-5(15)14-9(11(17)18)3-6-2-7(12)4-8(13)10(6)16/h2,4,9,16H,3H2,1H3,(H,14,15)(H,17,18). The predicted molar refractivity (Wildman–Crippen MR) is 67.1 cm³/mol. The number of hydrogen-bond acceptors (Lipinski definition) is 3. The van der Waals surface area contributed by atoms with Crippen molar-refractivity contribution in [3.63, 3.8) is 0 Å². The van der Waals surface area contributed by atoms with Gasteiger partial charge in [0.25, 0.3) is 0 Å². The van der Waals surface area contributed by atoms with Crippen molar-refractivity contribution in [2.45, 2.75) is 19.4 Å². The summed E-state index contributed by atoms with van der Waals surface area (Å²) in [5, 5.41) is 21.2. The number of aromatic hydroxyl groups is 1. The molecule has 1 aromatic rings. The van der Waals surface area contributed by atoms with Gasteiger partial charge in [-0.05, 0) is 17.7 Å². The molecule has 1 atom stereocenters. The van der Waals surface area contributed by atoms with E-state index >= 15 is 0 Å². The number of phenols is 1. The van der Waals surface area contributed by atoms with Crippen molar-refractivity contribution in [3.05, 3.63) is 27.7 Å². The van der Waals surface area contributed by atoms with E-state index in [-0.39, 0.29) is 27.8 Å². The first-order valence-electron chi connectivity index (χ1n) is 4.98. The molecule has 0 bridgehead atoms. The molecule has 0 saturated carbocycles. The molecule has 0 heterocycles. The topological polar surface area (TPSA) is 86.6 Å². The van der Waals surface area contributed by atoms with Crippen LogP contribution in [0.2, 0.25) is 10.0 Å². The Morgan fingerprint density at radius 2 is 2.00 bits per heavy atom. The Balaban J connectivity index is 3.00. The highest BCUT2D eigenvalue weighted by atomic mass is 35.5. The molecule has 0 aliphatic carbocycles. The third-order valence-corrected chi connectivity index (χ3v) is 2.71. The summed E-state index contributed by atoms with van der Waals surface area (Å²) in [4.78, 5) is 21.8. The van der Waals surface area contributed by atoms with E-state index in [2.05, 4.69) is 5.32 Å². The molecule has 18 heavy (non-hydrogen) atoms. The molecule has 3 N–H and O–H groups in total. The van der Waals surface area contributed by atoms with Crippen LogP contribution in [0.4, 0.5) is 0 Å². The lowest BCUT2D eigenvalue weighted by molar-refractivity contribution is -0.141. The number of amides is 1. The summed E-state index contributed by atoms with van der Waals surface area (Å²) < 4.78 is 0. The summed E-state index contributed by atoms with van der Waals surface area (Å²) in [6.07, 6.45) is -0.110. The Kier molecular flexibility index (Phi) is 4.81. The number of nitrogens with one attached hydrogen (secondary N) is 1. The zero-order valence-electron chi connectivity index (χ0n) is 9.41. The van der Waals surface area contributed by atoms with Gasteiger partial charge in [-0.2, -0.15) is 0 Å². The first-order valence-corrected chi connectivity index (χ1v) is 5.73. The monoisotopic (exact) mass is 291 g/mol. The van der Waals surface area contributed by atoms with Gasteiger partial charge in [0.05, 0.1) is 5.02 Å². The lowest BCUT2D eigenvalue weighted by atomic mass is 10.0. The van der Waals surface area contributed by atoms with Crippen LogP contribution in [0.15, 0.2) is 12.1 Å². The minimum absolute atomic E-state index is 0.0319. The second-order valence-corrected chi connectivity index (χ2v) is 4.53. The van der Waals surface area contributed by atoms with Crippen molar-refractivity contribution >= 4 is 35.1 Å². The second-order valence-electron chi connectivity index (χ2n) is 3.69. The number of benzene rings is 1. The summed E-state index contributed by atoms with van der Waals surface area (Å²) in [6, 6.07) is 1.60. The number of carboxylic acids is 1. The highest BCUT2D eigenvalue weighted by molar-refractivity contribution is 6.35. The predicted octanol–water partition coefficient (Wildman–Crippen LogP) is 1.83. The highest BCUT2D eigenvalue weighted by Crippen LogP contribution is 2.31. The second kappa shape index (κ2) is 5.93. The first kappa shape index (κ1) is 14.6. The van der Waals surface area contributed by atoms with Crippen molar-refractivity contribution in [1.29, 1.82) is 0 Å². The average Bonchev–Trinajstić information content (AvgIpc) is 2.23. The van der Waals surface area contributed by atoms with Crippen LogP contribution < -0.4 is 5.32 Å². The molecule has 1 amide bonds. The minimum Gasteiger partial charge on any atom is -0.506 e. The quantitative estimate of drug-likeness (QED) is 0.790. The number of rotatable bonds is 4. The van der Waals surface area contributed by atoms with Crippen molar-refractivity contribution in [2.75, 3.05) is 0 Å². The van der Waals surface area contributed by atoms with Crippen LogP contribution >= 0.6 is 23.2 Å². The van der Waals surface area contributed by atoms with Gasteiger partial charge in [-0.15, -0.1) is 0 Å². The number of carboxylic acid groups (broad SMARTS) is 1. The molecule has 98 valence electrons. The van der Waals surface area contributed by atoms with Crippen LogP contribution in [0, 0.1) is 0 Å². The number of halogens is 2. The third kappa shape index (κ3) is 3.78. The summed E-state index contributed by atoms with van der Waals surface area (Å²) >= 11 is 11.5. The van der Waals surface area contributed by atoms with Crippen LogP contribution in [0.3, 0.4) is 0 Å². The molecule has 0 aliphatic rings. The van der Waals surface area contributed by atoms with Gasteiger partial charge in [0.15, 0.2) is 0 Å². The van der Waals surface area contributed by atoms with Gasteiger partial charge < -0.3 is 15.5 Å². The van der Waals surface area contributed by atoms with E-state index < -0.39 is 17.9 Å². The van der Waals surface area contributed by atoms with Gasteiger partial charge in [-0.1, -0.05) is 23.2 Å². The molecular formula is C11H11Cl2NO4. The van der Waals surface area contributed by atoms with E-state index in [1.165, 1.54) is 19.1 Å². The fraction of sp³-hybridized carbons (Fsp3) is 0.273. The van der Waals surface area contributed by atoms with E-state index in [1.807, 2.05) is 0 Å². The van der Waals surface area contributed by atoms with Gasteiger partial charge in [0.1, 0.15) is 11.8 Å². The minimum atomic E-state index is -1.21. The lowest BCUT2D eigenvalue weighted by Gasteiger charge is -2.14. The van der Waals surface area contributed by atoms with Crippen LogP contribution in [0.25, 0.3) is 0 Å². The average molecular weight is 292 g/mol. The normalized spacial score (nSPS) is 11.9. The van der Waals surface area contributed by atoms with Crippen molar-refractivity contribution in [3.8, 4) is 5.75 Å².